The van der Waals surface area contributed by atoms with E-state index in [1.54, 1.807) is 0 Å². The van der Waals surface area contributed by atoms with Crippen LogP contribution in [0.2, 0.25) is 0 Å². The quantitative estimate of drug-likeness (QED) is 0.254. The number of sulfone groups is 1. The largest absolute Gasteiger partial charge is 0.356 e. The number of carbonyl (C=O) groups is 5. The number of hydrogen-bond donors (Lipinski definition) is 1. The Hall–Kier alpha value is -2.34. The fourth-order valence-electron chi connectivity index (χ4n) is 3.51. The summed E-state index contributed by atoms with van der Waals surface area (Å²) in [5.74, 6) is -2.67. The third-order valence-corrected chi connectivity index (χ3v) is 6.75. The van der Waals surface area contributed by atoms with Crippen molar-refractivity contribution in [3.05, 3.63) is 0 Å². The fourth-order valence-corrected chi connectivity index (χ4v) is 4.41. The second-order valence-corrected chi connectivity index (χ2v) is 10.7. The standard InChI is InChI=1S/C21H35N3O8S/c1-15(25)22-13-9-8-10-16(23(2)3)17(26)11-6-5-7-12-20(28)32-24-19(27)14-18(21(24)29)33(4,30)31/h16,18H,5-14H2,1-4H3,(H,22,25). The number of nitrogens with one attached hydrogen (secondary N) is 1. The molecule has 2 atom stereocenters. The van der Waals surface area contributed by atoms with Crippen molar-refractivity contribution >= 4 is 39.3 Å². The highest BCUT2D eigenvalue weighted by molar-refractivity contribution is 7.92. The van der Waals surface area contributed by atoms with Crippen molar-refractivity contribution in [2.45, 2.75) is 76.0 Å². The van der Waals surface area contributed by atoms with Crippen LogP contribution in [0, 0.1) is 0 Å². The molecule has 0 saturated carbocycles. The molecule has 188 valence electrons. The summed E-state index contributed by atoms with van der Waals surface area (Å²) in [6.07, 6.45) is 4.50. The van der Waals surface area contributed by atoms with Crippen LogP contribution in [0.1, 0.15) is 64.7 Å². The Balaban J connectivity index is 2.31. The molecule has 0 aromatic heterocycles. The van der Waals surface area contributed by atoms with Crippen LogP contribution in [0.5, 0.6) is 0 Å². The van der Waals surface area contributed by atoms with E-state index in [0.29, 0.717) is 38.6 Å². The molecule has 2 unspecified atom stereocenters. The van der Waals surface area contributed by atoms with E-state index in [4.69, 9.17) is 4.84 Å². The maximum Gasteiger partial charge on any atom is 0.333 e. The average molecular weight is 490 g/mol. The lowest BCUT2D eigenvalue weighted by Crippen LogP contribution is -2.36. The molecule has 3 amide bonds. The van der Waals surface area contributed by atoms with E-state index in [0.717, 1.165) is 19.1 Å². The first kappa shape index (κ1) is 28.7. The van der Waals surface area contributed by atoms with E-state index in [1.165, 1.54) is 6.92 Å². The maximum absolute atomic E-state index is 12.5. The molecule has 33 heavy (non-hydrogen) atoms. The normalized spacial score (nSPS) is 17.4. The molecular weight excluding hydrogens is 454 g/mol. The van der Waals surface area contributed by atoms with Crippen molar-refractivity contribution in [2.24, 2.45) is 0 Å². The smallest absolute Gasteiger partial charge is 0.333 e. The summed E-state index contributed by atoms with van der Waals surface area (Å²) in [5.41, 5.74) is 0. The lowest BCUT2D eigenvalue weighted by molar-refractivity contribution is -0.197. The molecule has 11 nitrogen and oxygen atoms in total. The summed E-state index contributed by atoms with van der Waals surface area (Å²) in [6, 6.07) is -0.206. The number of rotatable bonds is 15. The Morgan fingerprint density at radius 2 is 1.73 bits per heavy atom. The molecule has 0 aromatic rings. The molecule has 0 aromatic carbocycles. The van der Waals surface area contributed by atoms with Crippen LogP contribution in [0.25, 0.3) is 0 Å². The Bertz CT molecular complexity index is 840. The summed E-state index contributed by atoms with van der Waals surface area (Å²) in [6.45, 7) is 2.05. The van der Waals surface area contributed by atoms with Crippen molar-refractivity contribution < 1.29 is 37.2 Å². The molecule has 1 N–H and O–H groups in total. The van der Waals surface area contributed by atoms with Gasteiger partial charge < -0.3 is 10.2 Å². The second-order valence-electron chi connectivity index (χ2n) is 8.50. The molecule has 0 bridgehead atoms. The van der Waals surface area contributed by atoms with Crippen molar-refractivity contribution in [3.8, 4) is 0 Å². The van der Waals surface area contributed by atoms with Crippen molar-refractivity contribution in [1.82, 2.24) is 15.3 Å². The zero-order chi connectivity index (χ0) is 25.2. The third-order valence-electron chi connectivity index (χ3n) is 5.35. The van der Waals surface area contributed by atoms with Gasteiger partial charge in [-0.1, -0.05) is 6.42 Å². The number of imide groups is 1. The Morgan fingerprint density at radius 3 is 2.27 bits per heavy atom. The summed E-state index contributed by atoms with van der Waals surface area (Å²) >= 11 is 0. The van der Waals surface area contributed by atoms with Gasteiger partial charge in [0.25, 0.3) is 11.8 Å². The van der Waals surface area contributed by atoms with Crippen LogP contribution in [-0.4, -0.2) is 86.0 Å². The molecule has 1 aliphatic rings. The first-order valence-corrected chi connectivity index (χ1v) is 13.0. The first-order valence-electron chi connectivity index (χ1n) is 11.0. The van der Waals surface area contributed by atoms with Crippen molar-refractivity contribution in [3.63, 3.8) is 0 Å². The molecule has 0 aliphatic carbocycles. The van der Waals surface area contributed by atoms with Gasteiger partial charge in [-0.05, 0) is 46.2 Å². The average Bonchev–Trinajstić information content (AvgIpc) is 2.98. The molecule has 1 aliphatic heterocycles. The van der Waals surface area contributed by atoms with Crippen LogP contribution in [0.15, 0.2) is 0 Å². The minimum atomic E-state index is -3.77. The fraction of sp³-hybridized carbons (Fsp3) is 0.762. The number of nitrogens with zero attached hydrogens (tertiary/aromatic N) is 2. The van der Waals surface area contributed by atoms with E-state index < -0.39 is 39.3 Å². The number of Topliss-reactive ketones (excluding diaryl/α,β-unsaturated/α-hetero) is 1. The number of hydrogen-bond acceptors (Lipinski definition) is 9. The van der Waals surface area contributed by atoms with E-state index in [2.05, 4.69) is 5.32 Å². The number of likely N-dealkylation sites (N-methyl/N-ethyl adjacent to an activating group) is 1. The summed E-state index contributed by atoms with van der Waals surface area (Å²) in [5, 5.41) is 1.46. The molecule has 0 radical (unpaired) electrons. The third kappa shape index (κ3) is 9.99. The number of amides is 3. The van der Waals surface area contributed by atoms with E-state index in [1.807, 2.05) is 19.0 Å². The lowest BCUT2D eigenvalue weighted by Gasteiger charge is -2.23. The zero-order valence-corrected chi connectivity index (χ0v) is 20.6. The molecule has 0 spiro atoms. The number of hydroxylamine groups is 2. The van der Waals surface area contributed by atoms with Gasteiger partial charge in [0.2, 0.25) is 5.91 Å². The highest BCUT2D eigenvalue weighted by Gasteiger charge is 2.46. The highest BCUT2D eigenvalue weighted by Crippen LogP contribution is 2.20. The minimum absolute atomic E-state index is 0.0605. The molecular formula is C21H35N3O8S. The number of carbonyl (C=O) groups excluding carboxylic acids is 5. The van der Waals surface area contributed by atoms with Crippen molar-refractivity contribution in [1.29, 1.82) is 0 Å². The van der Waals surface area contributed by atoms with E-state index >= 15 is 0 Å². The topological polar surface area (TPSA) is 147 Å². The van der Waals surface area contributed by atoms with Gasteiger partial charge in [-0.25, -0.2) is 13.2 Å². The van der Waals surface area contributed by atoms with Gasteiger partial charge in [-0.15, -0.1) is 5.06 Å². The summed E-state index contributed by atoms with van der Waals surface area (Å²) < 4.78 is 23.1. The van der Waals surface area contributed by atoms with Crippen LogP contribution in [0.3, 0.4) is 0 Å². The SMILES string of the molecule is CC(=O)NCCCCC(C(=O)CCCCCC(=O)ON1C(=O)CC(S(C)(=O)=O)C1=O)N(C)C. The van der Waals surface area contributed by atoms with Crippen molar-refractivity contribution in [2.75, 3.05) is 26.9 Å². The van der Waals surface area contributed by atoms with Gasteiger partial charge in [-0.3, -0.25) is 24.1 Å². The van der Waals surface area contributed by atoms with Gasteiger partial charge in [0.05, 0.1) is 12.5 Å². The second kappa shape index (κ2) is 13.4. The van der Waals surface area contributed by atoms with Crippen LogP contribution >= 0.6 is 0 Å². The van der Waals surface area contributed by atoms with Crippen LogP contribution in [0.4, 0.5) is 0 Å². The predicted molar refractivity (Wildman–Crippen MR) is 119 cm³/mol. The molecule has 1 fully saturated rings. The van der Waals surface area contributed by atoms with E-state index in [9.17, 15) is 32.4 Å². The highest BCUT2D eigenvalue weighted by atomic mass is 32.2. The summed E-state index contributed by atoms with van der Waals surface area (Å²) in [4.78, 5) is 65.8. The Labute approximate surface area is 195 Å². The van der Waals surface area contributed by atoms with Crippen LogP contribution in [-0.2, 0) is 38.6 Å². The number of ketones is 1. The van der Waals surface area contributed by atoms with Gasteiger partial charge in [0.1, 0.15) is 5.78 Å². The summed E-state index contributed by atoms with van der Waals surface area (Å²) in [7, 11) is -0.0693. The van der Waals surface area contributed by atoms with Crippen LogP contribution < -0.4 is 5.32 Å². The monoisotopic (exact) mass is 489 g/mol. The number of unbranched alkanes of at least 4 members (excludes halogenated alkanes) is 3. The lowest BCUT2D eigenvalue weighted by atomic mass is 9.99. The Kier molecular flexibility index (Phi) is 11.6. The van der Waals surface area contributed by atoms with Gasteiger partial charge in [0.15, 0.2) is 15.1 Å². The predicted octanol–water partition coefficient (Wildman–Crippen LogP) is 0.373. The molecule has 1 saturated heterocycles. The minimum Gasteiger partial charge on any atom is -0.356 e. The van der Waals surface area contributed by atoms with Gasteiger partial charge in [-0.2, -0.15) is 0 Å². The van der Waals surface area contributed by atoms with E-state index in [-0.39, 0.29) is 29.2 Å². The molecule has 1 rings (SSSR count). The maximum atomic E-state index is 12.5. The zero-order valence-electron chi connectivity index (χ0n) is 19.8. The first-order chi connectivity index (χ1) is 15.3. The molecule has 12 heteroatoms. The van der Waals surface area contributed by atoms with Gasteiger partial charge in [0, 0.05) is 32.6 Å². The molecule has 1 heterocycles. The Morgan fingerprint density at radius 1 is 1.09 bits per heavy atom. The van der Waals surface area contributed by atoms with Gasteiger partial charge >= 0.3 is 5.97 Å².